The molecular weight excluding hydrogens is 560 g/mol. The largest absolute Gasteiger partial charge is 0.379 e. The first-order valence-corrected chi connectivity index (χ1v) is 16.1. The lowest BCUT2D eigenvalue weighted by molar-refractivity contribution is -0.137. The molecule has 4 rings (SSSR count). The molecule has 1 fully saturated rings. The van der Waals surface area contributed by atoms with Crippen LogP contribution in [0.3, 0.4) is 0 Å². The molecule has 0 saturated carbocycles. The highest BCUT2D eigenvalue weighted by molar-refractivity contribution is 7.99. The van der Waals surface area contributed by atoms with E-state index in [0.29, 0.717) is 49.6 Å². The van der Waals surface area contributed by atoms with Gasteiger partial charge in [0.25, 0.3) is 0 Å². The molecule has 0 bridgehead atoms. The summed E-state index contributed by atoms with van der Waals surface area (Å²) in [6, 6.07) is 11.8. The molecule has 1 atom stereocenters. The van der Waals surface area contributed by atoms with E-state index < -0.39 is 11.5 Å². The number of carbonyl (C=O) groups excluding carboxylic acids is 3. The van der Waals surface area contributed by atoms with Crippen LogP contribution < -0.4 is 0 Å². The van der Waals surface area contributed by atoms with Gasteiger partial charge in [0, 0.05) is 42.1 Å². The van der Waals surface area contributed by atoms with E-state index in [4.69, 9.17) is 9.57 Å². The molecule has 1 heterocycles. The molecular formula is C35H42N2O5S. The van der Waals surface area contributed by atoms with Gasteiger partial charge >= 0.3 is 5.97 Å². The minimum Gasteiger partial charge on any atom is -0.379 e. The minimum absolute atomic E-state index is 0.0613. The van der Waals surface area contributed by atoms with E-state index in [-0.39, 0.29) is 22.7 Å². The topological polar surface area (TPSA) is 85.3 Å². The average Bonchev–Trinajstić information content (AvgIpc) is 3.28. The second kappa shape index (κ2) is 14.0. The van der Waals surface area contributed by atoms with E-state index in [1.165, 1.54) is 18.2 Å². The maximum atomic E-state index is 13.9. The van der Waals surface area contributed by atoms with Gasteiger partial charge < -0.3 is 9.57 Å². The Hall–Kier alpha value is -3.33. The number of morpholine rings is 1. The Labute approximate surface area is 259 Å². The minimum atomic E-state index is -0.675. The molecule has 1 saturated heterocycles. The molecule has 228 valence electrons. The Kier molecular flexibility index (Phi) is 10.6. The van der Waals surface area contributed by atoms with Crippen molar-refractivity contribution >= 4 is 35.0 Å². The van der Waals surface area contributed by atoms with E-state index in [0.717, 1.165) is 34.4 Å². The fourth-order valence-electron chi connectivity index (χ4n) is 5.88. The zero-order valence-electron chi connectivity index (χ0n) is 25.9. The van der Waals surface area contributed by atoms with Crippen LogP contribution in [0, 0.1) is 0 Å². The summed E-state index contributed by atoms with van der Waals surface area (Å²) in [5.74, 6) is 0.677. The van der Waals surface area contributed by atoms with Crippen molar-refractivity contribution in [1.29, 1.82) is 0 Å². The van der Waals surface area contributed by atoms with Gasteiger partial charge in [0.15, 0.2) is 5.78 Å². The third-order valence-electron chi connectivity index (χ3n) is 8.67. The van der Waals surface area contributed by atoms with Crippen LogP contribution in [0.1, 0.15) is 79.3 Å². The molecule has 0 aromatic heterocycles. The number of Topliss-reactive ketones (excluding diaryl/α,β-unsaturated/α-hetero) is 2. The molecule has 1 aliphatic carbocycles. The molecule has 2 aromatic rings. The van der Waals surface area contributed by atoms with Gasteiger partial charge in [-0.1, -0.05) is 68.9 Å². The Bertz CT molecular complexity index is 1450. The number of hydrogen-bond donors (Lipinski definition) is 0. The summed E-state index contributed by atoms with van der Waals surface area (Å²) < 4.78 is 5.51. The fourth-order valence-corrected chi connectivity index (χ4v) is 6.51. The lowest BCUT2D eigenvalue weighted by Gasteiger charge is -2.39. The van der Waals surface area contributed by atoms with Gasteiger partial charge in [-0.05, 0) is 66.2 Å². The van der Waals surface area contributed by atoms with Crippen LogP contribution >= 0.6 is 11.8 Å². The maximum Gasteiger partial charge on any atom is 0.358 e. The van der Waals surface area contributed by atoms with E-state index >= 15 is 0 Å². The zero-order chi connectivity index (χ0) is 31.2. The molecule has 0 spiro atoms. The van der Waals surface area contributed by atoms with Crippen molar-refractivity contribution in [3.05, 3.63) is 83.5 Å². The van der Waals surface area contributed by atoms with Crippen LogP contribution in [0.25, 0.3) is 11.1 Å². The van der Waals surface area contributed by atoms with Crippen LogP contribution in [0.15, 0.2) is 66.4 Å². The Morgan fingerprint density at radius 2 is 1.70 bits per heavy atom. The molecule has 0 radical (unpaired) electrons. The number of rotatable bonds is 13. The number of thioether (sulfide) groups is 1. The van der Waals surface area contributed by atoms with E-state index in [2.05, 4.69) is 36.5 Å². The first kappa shape index (κ1) is 32.6. The normalized spacial score (nSPS) is 18.8. The van der Waals surface area contributed by atoms with Crippen LogP contribution in [-0.2, 0) is 19.8 Å². The quantitative estimate of drug-likeness (QED) is 0.0483. The number of nitrogens with zero attached hydrogens (tertiary/aromatic N) is 2. The van der Waals surface area contributed by atoms with Crippen molar-refractivity contribution in [2.24, 2.45) is 5.16 Å². The van der Waals surface area contributed by atoms with Crippen LogP contribution in [0.2, 0.25) is 0 Å². The van der Waals surface area contributed by atoms with Crippen molar-refractivity contribution in [3.8, 4) is 11.1 Å². The molecule has 0 amide bonds. The standard InChI is InChI=1S/C35H42N2O5S/c1-7-10-11-31(38)42-36-30(16-21-43-9-3)32(39)24-12-14-28-26(22-24)27-23-25(13-15-29(27)35(28,6)8-2)33(40)34(4,5)37-17-19-41-20-18-37/h7,10-15,22-23H,1,8-9,16-21H2,2-6H3/b11-10+,36-30+. The van der Waals surface area contributed by atoms with Crippen molar-refractivity contribution in [2.75, 3.05) is 37.8 Å². The van der Waals surface area contributed by atoms with Gasteiger partial charge in [0.1, 0.15) is 5.71 Å². The van der Waals surface area contributed by atoms with Crippen LogP contribution in [-0.4, -0.2) is 71.5 Å². The summed E-state index contributed by atoms with van der Waals surface area (Å²) in [6.45, 7) is 16.6. The van der Waals surface area contributed by atoms with Gasteiger partial charge in [-0.2, -0.15) is 11.8 Å². The lowest BCUT2D eigenvalue weighted by Crippen LogP contribution is -2.54. The molecule has 7 nitrogen and oxygen atoms in total. The summed E-state index contributed by atoms with van der Waals surface area (Å²) >= 11 is 1.68. The molecule has 8 heteroatoms. The molecule has 0 N–H and O–H groups in total. The monoisotopic (exact) mass is 602 g/mol. The SMILES string of the molecule is C=C/C=C/C(=O)O/N=C(\CCSCC)C(=O)c1ccc2c(c1)-c1cc(C(=O)C(C)(C)N3CCOCC3)ccc1C2(C)CC. The van der Waals surface area contributed by atoms with Gasteiger partial charge in [-0.3, -0.25) is 14.5 Å². The smallest absolute Gasteiger partial charge is 0.358 e. The highest BCUT2D eigenvalue weighted by Crippen LogP contribution is 2.51. The molecule has 1 unspecified atom stereocenters. The predicted molar refractivity (Wildman–Crippen MR) is 174 cm³/mol. The summed E-state index contributed by atoms with van der Waals surface area (Å²) in [7, 11) is 0. The van der Waals surface area contributed by atoms with Crippen LogP contribution in [0.5, 0.6) is 0 Å². The summed E-state index contributed by atoms with van der Waals surface area (Å²) in [6.07, 6.45) is 5.35. The number of allylic oxidation sites excluding steroid dienone is 2. The second-order valence-electron chi connectivity index (χ2n) is 11.5. The Morgan fingerprint density at radius 1 is 1.07 bits per heavy atom. The number of carbonyl (C=O) groups is 3. The lowest BCUT2D eigenvalue weighted by atomic mass is 9.77. The number of hydrogen-bond acceptors (Lipinski definition) is 8. The van der Waals surface area contributed by atoms with Crippen molar-refractivity contribution in [2.45, 2.75) is 58.4 Å². The van der Waals surface area contributed by atoms with Crippen LogP contribution in [0.4, 0.5) is 0 Å². The second-order valence-corrected chi connectivity index (χ2v) is 12.9. The summed E-state index contributed by atoms with van der Waals surface area (Å²) in [5.41, 5.74) is 4.56. The van der Waals surface area contributed by atoms with Gasteiger partial charge in [-0.25, -0.2) is 4.79 Å². The first-order chi connectivity index (χ1) is 20.6. The van der Waals surface area contributed by atoms with Crippen molar-refractivity contribution in [1.82, 2.24) is 4.90 Å². The van der Waals surface area contributed by atoms with E-state index in [9.17, 15) is 14.4 Å². The highest BCUT2D eigenvalue weighted by Gasteiger charge is 2.41. The van der Waals surface area contributed by atoms with E-state index in [1.54, 1.807) is 11.8 Å². The molecule has 43 heavy (non-hydrogen) atoms. The first-order valence-electron chi connectivity index (χ1n) is 14.9. The Balaban J connectivity index is 1.72. The van der Waals surface area contributed by atoms with Crippen molar-refractivity contribution in [3.63, 3.8) is 0 Å². The number of oxime groups is 1. The summed E-state index contributed by atoms with van der Waals surface area (Å²) in [4.78, 5) is 46.9. The maximum absolute atomic E-state index is 13.9. The highest BCUT2D eigenvalue weighted by atomic mass is 32.2. The molecule has 1 aliphatic heterocycles. The Morgan fingerprint density at radius 3 is 2.30 bits per heavy atom. The van der Waals surface area contributed by atoms with E-state index in [1.807, 2.05) is 51.1 Å². The van der Waals surface area contributed by atoms with Crippen molar-refractivity contribution < 1.29 is 24.0 Å². The van der Waals surface area contributed by atoms with Gasteiger partial charge in [0.2, 0.25) is 5.78 Å². The zero-order valence-corrected chi connectivity index (χ0v) is 26.7. The van der Waals surface area contributed by atoms with Gasteiger partial charge in [0.05, 0.1) is 18.8 Å². The fraction of sp³-hybridized carbons (Fsp3) is 0.429. The average molecular weight is 603 g/mol. The third-order valence-corrected chi connectivity index (χ3v) is 9.57. The third kappa shape index (κ3) is 6.77. The number of fused-ring (bicyclic) bond motifs is 3. The summed E-state index contributed by atoms with van der Waals surface area (Å²) in [5, 5.41) is 3.98. The number of ketones is 2. The molecule has 2 aromatic carbocycles. The molecule has 2 aliphatic rings. The number of ether oxygens (including phenoxy) is 1. The van der Waals surface area contributed by atoms with Gasteiger partial charge in [-0.15, -0.1) is 0 Å². The number of benzene rings is 2. The predicted octanol–water partition coefficient (Wildman–Crippen LogP) is 6.64.